The summed E-state index contributed by atoms with van der Waals surface area (Å²) in [5, 5.41) is 2.70. The van der Waals surface area contributed by atoms with Crippen LogP contribution in [0, 0.1) is 0 Å². The van der Waals surface area contributed by atoms with Crippen molar-refractivity contribution < 1.29 is 17.9 Å². The van der Waals surface area contributed by atoms with Crippen LogP contribution in [0.3, 0.4) is 0 Å². The summed E-state index contributed by atoms with van der Waals surface area (Å²) >= 11 is 0. The van der Waals surface area contributed by atoms with Gasteiger partial charge in [-0.15, -0.1) is 6.58 Å². The fraction of sp³-hybridized carbons (Fsp3) is 0.286. The van der Waals surface area contributed by atoms with Crippen LogP contribution in [-0.2, 0) is 20.2 Å². The monoisotopic (exact) mass is 402 g/mol. The third-order valence-corrected chi connectivity index (χ3v) is 5.36. The highest BCUT2D eigenvalue weighted by molar-refractivity contribution is 7.89. The Hall–Kier alpha value is -2.64. The molecule has 2 aromatic carbocycles. The molecule has 1 amide bonds. The van der Waals surface area contributed by atoms with Gasteiger partial charge < -0.3 is 10.1 Å². The van der Waals surface area contributed by atoms with Gasteiger partial charge in [0.25, 0.3) is 5.91 Å². The summed E-state index contributed by atoms with van der Waals surface area (Å²) in [5.74, 6) is 0.337. The van der Waals surface area contributed by atoms with Gasteiger partial charge >= 0.3 is 0 Å². The van der Waals surface area contributed by atoms with Gasteiger partial charge in [-0.1, -0.05) is 45.0 Å². The molecule has 0 aromatic heterocycles. The van der Waals surface area contributed by atoms with Crippen molar-refractivity contribution in [1.29, 1.82) is 0 Å². The standard InChI is InChI=1S/C21H26N2O4S/c1-5-14-22-28(25,26)17-12-10-16(11-13-17)23-20(24)15-27-19-9-7-6-8-18(19)21(2,3)4/h5-13,22H,1,14-15H2,2-4H3,(H,23,24). The van der Waals surface area contributed by atoms with Crippen LogP contribution in [0.15, 0.2) is 66.1 Å². The first-order valence-electron chi connectivity index (χ1n) is 8.86. The van der Waals surface area contributed by atoms with E-state index in [-0.39, 0.29) is 29.4 Å². The number of amides is 1. The Morgan fingerprint density at radius 2 is 1.75 bits per heavy atom. The molecular formula is C21H26N2O4S. The largest absolute Gasteiger partial charge is 0.483 e. The van der Waals surface area contributed by atoms with Crippen molar-refractivity contribution in [2.75, 3.05) is 18.5 Å². The minimum absolute atomic E-state index is 0.103. The molecule has 0 spiro atoms. The molecule has 0 aliphatic rings. The Kier molecular flexibility index (Phi) is 6.99. The van der Waals surface area contributed by atoms with Crippen LogP contribution in [0.25, 0.3) is 0 Å². The van der Waals surface area contributed by atoms with E-state index in [2.05, 4.69) is 37.4 Å². The molecule has 7 heteroatoms. The van der Waals surface area contributed by atoms with Gasteiger partial charge in [0.05, 0.1) is 4.90 Å². The number of hydrogen-bond donors (Lipinski definition) is 2. The number of benzene rings is 2. The topological polar surface area (TPSA) is 84.5 Å². The number of carbonyl (C=O) groups excluding carboxylic acids is 1. The van der Waals surface area contributed by atoms with Gasteiger partial charge in [-0.2, -0.15) is 0 Å². The number of nitrogens with one attached hydrogen (secondary N) is 2. The van der Waals surface area contributed by atoms with Crippen LogP contribution in [0.4, 0.5) is 5.69 Å². The highest BCUT2D eigenvalue weighted by Crippen LogP contribution is 2.30. The van der Waals surface area contributed by atoms with Gasteiger partial charge in [-0.25, -0.2) is 13.1 Å². The summed E-state index contributed by atoms with van der Waals surface area (Å²) in [6, 6.07) is 13.5. The van der Waals surface area contributed by atoms with Crippen LogP contribution in [0.1, 0.15) is 26.3 Å². The average molecular weight is 403 g/mol. The molecule has 0 radical (unpaired) electrons. The number of para-hydroxylation sites is 1. The number of ether oxygens (including phenoxy) is 1. The molecule has 2 rings (SSSR count). The van der Waals surface area contributed by atoms with Gasteiger partial charge in [-0.05, 0) is 41.3 Å². The molecule has 0 atom stereocenters. The molecule has 150 valence electrons. The molecule has 0 heterocycles. The van der Waals surface area contributed by atoms with E-state index in [0.717, 1.165) is 5.56 Å². The molecule has 2 aromatic rings. The van der Waals surface area contributed by atoms with Crippen molar-refractivity contribution in [3.63, 3.8) is 0 Å². The number of sulfonamides is 1. The summed E-state index contributed by atoms with van der Waals surface area (Å²) < 4.78 is 32.1. The van der Waals surface area contributed by atoms with Crippen molar-refractivity contribution >= 4 is 21.6 Å². The van der Waals surface area contributed by atoms with Gasteiger partial charge in [0.1, 0.15) is 5.75 Å². The maximum absolute atomic E-state index is 12.2. The van der Waals surface area contributed by atoms with Crippen molar-refractivity contribution in [2.45, 2.75) is 31.1 Å². The van der Waals surface area contributed by atoms with Crippen molar-refractivity contribution in [2.24, 2.45) is 0 Å². The maximum atomic E-state index is 12.2. The van der Waals surface area contributed by atoms with E-state index in [1.165, 1.54) is 30.3 Å². The molecule has 0 aliphatic carbocycles. The molecule has 28 heavy (non-hydrogen) atoms. The predicted molar refractivity (Wildman–Crippen MR) is 111 cm³/mol. The minimum Gasteiger partial charge on any atom is -0.483 e. The summed E-state index contributed by atoms with van der Waals surface area (Å²) in [6.07, 6.45) is 1.46. The molecular weight excluding hydrogens is 376 g/mol. The van der Waals surface area contributed by atoms with Crippen molar-refractivity contribution in [3.8, 4) is 5.75 Å². The first-order valence-corrected chi connectivity index (χ1v) is 10.3. The number of anilines is 1. The third-order valence-electron chi connectivity index (χ3n) is 3.92. The van der Waals surface area contributed by atoms with E-state index in [9.17, 15) is 13.2 Å². The Balaban J connectivity index is 1.98. The van der Waals surface area contributed by atoms with E-state index in [0.29, 0.717) is 11.4 Å². The molecule has 0 saturated heterocycles. The van der Waals surface area contributed by atoms with Gasteiger partial charge in [0, 0.05) is 12.2 Å². The molecule has 0 aliphatic heterocycles. The second-order valence-electron chi connectivity index (χ2n) is 7.25. The second-order valence-corrected chi connectivity index (χ2v) is 9.01. The van der Waals surface area contributed by atoms with E-state index < -0.39 is 10.0 Å². The summed E-state index contributed by atoms with van der Waals surface area (Å²) in [5.41, 5.74) is 1.40. The Morgan fingerprint density at radius 3 is 2.36 bits per heavy atom. The minimum atomic E-state index is -3.59. The highest BCUT2D eigenvalue weighted by Gasteiger charge is 2.19. The quantitative estimate of drug-likeness (QED) is 0.662. The Labute approximate surface area is 166 Å². The fourth-order valence-corrected chi connectivity index (χ4v) is 3.52. The molecule has 0 saturated carbocycles. The van der Waals surface area contributed by atoms with Crippen molar-refractivity contribution in [1.82, 2.24) is 4.72 Å². The fourth-order valence-electron chi connectivity index (χ4n) is 2.52. The van der Waals surface area contributed by atoms with Gasteiger partial charge in [0.15, 0.2) is 6.61 Å². The summed E-state index contributed by atoms with van der Waals surface area (Å²) in [7, 11) is -3.59. The number of rotatable bonds is 8. The predicted octanol–water partition coefficient (Wildman–Crippen LogP) is 3.47. The third kappa shape index (κ3) is 5.94. The first-order chi connectivity index (χ1) is 13.1. The molecule has 0 fully saturated rings. The Morgan fingerprint density at radius 1 is 1.11 bits per heavy atom. The lowest BCUT2D eigenvalue weighted by Crippen LogP contribution is -2.24. The smallest absolute Gasteiger partial charge is 0.262 e. The zero-order valence-corrected chi connectivity index (χ0v) is 17.2. The highest BCUT2D eigenvalue weighted by atomic mass is 32.2. The lowest BCUT2D eigenvalue weighted by Gasteiger charge is -2.22. The Bertz CT molecular complexity index is 930. The SMILES string of the molecule is C=CCNS(=O)(=O)c1ccc(NC(=O)COc2ccccc2C(C)(C)C)cc1. The lowest BCUT2D eigenvalue weighted by atomic mass is 9.86. The number of hydrogen-bond acceptors (Lipinski definition) is 4. The number of carbonyl (C=O) groups is 1. The lowest BCUT2D eigenvalue weighted by molar-refractivity contribution is -0.118. The molecule has 6 nitrogen and oxygen atoms in total. The molecule has 0 bridgehead atoms. The van der Waals surface area contributed by atoms with E-state index in [1.807, 2.05) is 24.3 Å². The van der Waals surface area contributed by atoms with E-state index >= 15 is 0 Å². The summed E-state index contributed by atoms with van der Waals surface area (Å²) in [4.78, 5) is 12.3. The average Bonchev–Trinajstić information content (AvgIpc) is 2.65. The van der Waals surface area contributed by atoms with Crippen LogP contribution in [0.5, 0.6) is 5.75 Å². The maximum Gasteiger partial charge on any atom is 0.262 e. The van der Waals surface area contributed by atoms with Crippen LogP contribution in [0.2, 0.25) is 0 Å². The van der Waals surface area contributed by atoms with Crippen molar-refractivity contribution in [3.05, 3.63) is 66.7 Å². The van der Waals surface area contributed by atoms with Gasteiger partial charge in [0.2, 0.25) is 10.0 Å². The van der Waals surface area contributed by atoms with Crippen LogP contribution < -0.4 is 14.8 Å². The first kappa shape index (κ1) is 21.7. The molecule has 0 unspecified atom stereocenters. The van der Waals surface area contributed by atoms with Crippen LogP contribution >= 0.6 is 0 Å². The normalized spacial score (nSPS) is 11.7. The van der Waals surface area contributed by atoms with E-state index in [4.69, 9.17) is 4.74 Å². The second kappa shape index (κ2) is 9.03. The van der Waals surface area contributed by atoms with Gasteiger partial charge in [-0.3, -0.25) is 4.79 Å². The zero-order chi connectivity index (χ0) is 20.8. The van der Waals surface area contributed by atoms with E-state index in [1.54, 1.807) is 0 Å². The summed E-state index contributed by atoms with van der Waals surface area (Å²) in [6.45, 7) is 9.71. The molecule has 2 N–H and O–H groups in total. The zero-order valence-electron chi connectivity index (χ0n) is 16.4. The van der Waals surface area contributed by atoms with Crippen LogP contribution in [-0.4, -0.2) is 27.5 Å².